The molecule has 1 aromatic heterocycles. The molecule has 0 aliphatic heterocycles. The molecule has 4 nitrogen and oxygen atoms in total. The van der Waals surface area contributed by atoms with Gasteiger partial charge in [0, 0.05) is 17.9 Å². The summed E-state index contributed by atoms with van der Waals surface area (Å²) in [6.45, 7) is 5.94. The van der Waals surface area contributed by atoms with Crippen LogP contribution in [0.2, 0.25) is 0 Å². The van der Waals surface area contributed by atoms with Crippen LogP contribution in [0.1, 0.15) is 35.4 Å². The van der Waals surface area contributed by atoms with Crippen molar-refractivity contribution in [2.45, 2.75) is 32.4 Å². The highest BCUT2D eigenvalue weighted by molar-refractivity contribution is 7.99. The van der Waals surface area contributed by atoms with E-state index in [9.17, 15) is 13.6 Å². The molecular weight excluding hydrogens is 334 g/mol. The van der Waals surface area contributed by atoms with E-state index in [0.29, 0.717) is 23.6 Å². The highest BCUT2D eigenvalue weighted by Crippen LogP contribution is 2.20. The molecule has 0 unspecified atom stereocenters. The van der Waals surface area contributed by atoms with Crippen molar-refractivity contribution >= 4 is 17.7 Å². The van der Waals surface area contributed by atoms with Crippen molar-refractivity contribution in [2.24, 2.45) is 0 Å². The molecule has 0 aliphatic rings. The molecular formula is C17H20F2N2O2S. The first kappa shape index (κ1) is 18.4. The Morgan fingerprint density at radius 1 is 1.33 bits per heavy atom. The number of aryl methyl sites for hydroxylation is 2. The van der Waals surface area contributed by atoms with Gasteiger partial charge in [0.15, 0.2) is 11.6 Å². The van der Waals surface area contributed by atoms with Crippen molar-refractivity contribution < 1.29 is 18.1 Å². The first-order chi connectivity index (χ1) is 11.4. The van der Waals surface area contributed by atoms with E-state index in [0.717, 1.165) is 23.1 Å². The van der Waals surface area contributed by atoms with Crippen molar-refractivity contribution in [1.82, 2.24) is 10.5 Å². The second-order valence-corrected chi connectivity index (χ2v) is 6.66. The summed E-state index contributed by atoms with van der Waals surface area (Å²) in [5.74, 6) is -0.196. The van der Waals surface area contributed by atoms with Gasteiger partial charge in [0.2, 0.25) is 5.91 Å². The molecule has 0 saturated carbocycles. The number of carbonyl (C=O) groups excluding carboxylic acids is 1. The fourth-order valence-electron chi connectivity index (χ4n) is 2.21. The number of hydrogen-bond donors (Lipinski definition) is 1. The smallest absolute Gasteiger partial charge is 0.230 e. The predicted octanol–water partition coefficient (Wildman–Crippen LogP) is 3.72. The molecule has 0 spiro atoms. The quantitative estimate of drug-likeness (QED) is 0.823. The molecule has 24 heavy (non-hydrogen) atoms. The Morgan fingerprint density at radius 2 is 2.08 bits per heavy atom. The van der Waals surface area contributed by atoms with E-state index in [4.69, 9.17) is 4.52 Å². The third-order valence-corrected chi connectivity index (χ3v) is 4.74. The molecule has 1 aromatic carbocycles. The van der Waals surface area contributed by atoms with E-state index in [2.05, 4.69) is 10.5 Å². The van der Waals surface area contributed by atoms with Gasteiger partial charge in [-0.1, -0.05) is 18.1 Å². The van der Waals surface area contributed by atoms with Crippen molar-refractivity contribution in [3.63, 3.8) is 0 Å². The lowest BCUT2D eigenvalue weighted by Crippen LogP contribution is -2.29. The summed E-state index contributed by atoms with van der Waals surface area (Å²) >= 11 is 1.48. The second kappa shape index (κ2) is 8.28. The van der Waals surface area contributed by atoms with E-state index in [1.54, 1.807) is 0 Å². The largest absolute Gasteiger partial charge is 0.361 e. The Labute approximate surface area is 144 Å². The SMILES string of the molecule is Cc1noc(C)c1CSCC(=O)NC[C@H](C)c1ccc(F)c(F)c1. The van der Waals surface area contributed by atoms with Crippen molar-refractivity contribution in [2.75, 3.05) is 12.3 Å². The molecule has 0 radical (unpaired) electrons. The van der Waals surface area contributed by atoms with Crippen LogP contribution in [-0.4, -0.2) is 23.4 Å². The molecule has 0 bridgehead atoms. The predicted molar refractivity (Wildman–Crippen MR) is 89.9 cm³/mol. The van der Waals surface area contributed by atoms with Crippen LogP contribution in [0.3, 0.4) is 0 Å². The molecule has 1 N–H and O–H groups in total. The molecule has 0 fully saturated rings. The van der Waals surface area contributed by atoms with E-state index in [-0.39, 0.29) is 11.8 Å². The number of carbonyl (C=O) groups is 1. The van der Waals surface area contributed by atoms with E-state index in [1.807, 2.05) is 20.8 Å². The van der Waals surface area contributed by atoms with Gasteiger partial charge in [-0.15, -0.1) is 11.8 Å². The zero-order valence-electron chi connectivity index (χ0n) is 13.9. The van der Waals surface area contributed by atoms with Crippen LogP contribution in [0.5, 0.6) is 0 Å². The Balaban J connectivity index is 1.75. The molecule has 2 aromatic rings. The van der Waals surface area contributed by atoms with E-state index < -0.39 is 11.6 Å². The van der Waals surface area contributed by atoms with Crippen LogP contribution in [0.4, 0.5) is 8.78 Å². The molecule has 0 saturated heterocycles. The maximum atomic E-state index is 13.2. The van der Waals surface area contributed by atoms with Gasteiger partial charge in [-0.05, 0) is 37.5 Å². The Hall–Kier alpha value is -1.89. The standard InChI is InChI=1S/C17H20F2N2O2S/c1-10(13-4-5-15(18)16(19)6-13)7-20-17(22)9-24-8-14-11(2)21-23-12(14)3/h4-6,10H,7-9H2,1-3H3,(H,20,22)/t10-/m0/s1. The van der Waals surface area contributed by atoms with Gasteiger partial charge in [-0.25, -0.2) is 8.78 Å². The van der Waals surface area contributed by atoms with Crippen LogP contribution in [-0.2, 0) is 10.5 Å². The number of nitrogens with one attached hydrogen (secondary N) is 1. The fourth-order valence-corrected chi connectivity index (χ4v) is 3.21. The summed E-state index contributed by atoms with van der Waals surface area (Å²) in [5, 5.41) is 6.68. The Kier molecular flexibility index (Phi) is 6.36. The summed E-state index contributed by atoms with van der Waals surface area (Å²) in [6, 6.07) is 3.79. The molecule has 0 aliphatic carbocycles. The van der Waals surface area contributed by atoms with E-state index >= 15 is 0 Å². The van der Waals surface area contributed by atoms with E-state index in [1.165, 1.54) is 23.9 Å². The normalized spacial score (nSPS) is 12.2. The molecule has 2 rings (SSSR count). The monoisotopic (exact) mass is 354 g/mol. The summed E-state index contributed by atoms with van der Waals surface area (Å²) in [7, 11) is 0. The highest BCUT2D eigenvalue weighted by atomic mass is 32.2. The van der Waals surface area contributed by atoms with Gasteiger partial charge in [-0.2, -0.15) is 0 Å². The van der Waals surface area contributed by atoms with Gasteiger partial charge in [0.1, 0.15) is 5.76 Å². The van der Waals surface area contributed by atoms with Crippen molar-refractivity contribution in [1.29, 1.82) is 0 Å². The minimum absolute atomic E-state index is 0.0961. The maximum absolute atomic E-state index is 13.2. The number of nitrogens with zero attached hydrogens (tertiary/aromatic N) is 1. The molecule has 1 atom stereocenters. The molecule has 7 heteroatoms. The summed E-state index contributed by atoms with van der Waals surface area (Å²) in [5.41, 5.74) is 2.51. The van der Waals surface area contributed by atoms with Gasteiger partial charge in [0.25, 0.3) is 0 Å². The third-order valence-electron chi connectivity index (χ3n) is 3.78. The average molecular weight is 354 g/mol. The lowest BCUT2D eigenvalue weighted by Gasteiger charge is -2.13. The number of amides is 1. The van der Waals surface area contributed by atoms with Gasteiger partial charge in [0.05, 0.1) is 11.4 Å². The van der Waals surface area contributed by atoms with Crippen LogP contribution < -0.4 is 5.32 Å². The second-order valence-electron chi connectivity index (χ2n) is 5.67. The number of benzene rings is 1. The molecule has 1 amide bonds. The van der Waals surface area contributed by atoms with Gasteiger partial charge < -0.3 is 9.84 Å². The van der Waals surface area contributed by atoms with Crippen molar-refractivity contribution in [3.8, 4) is 0 Å². The summed E-state index contributed by atoms with van der Waals surface area (Å²) < 4.78 is 31.2. The lowest BCUT2D eigenvalue weighted by atomic mass is 10.0. The maximum Gasteiger partial charge on any atom is 0.230 e. The summed E-state index contributed by atoms with van der Waals surface area (Å²) in [6.07, 6.45) is 0. The van der Waals surface area contributed by atoms with Crippen LogP contribution in [0, 0.1) is 25.5 Å². The Bertz CT molecular complexity index is 699. The average Bonchev–Trinajstić information content (AvgIpc) is 2.87. The number of aromatic nitrogens is 1. The van der Waals surface area contributed by atoms with Crippen molar-refractivity contribution in [3.05, 3.63) is 52.4 Å². The first-order valence-corrected chi connectivity index (χ1v) is 8.75. The fraction of sp³-hybridized carbons (Fsp3) is 0.412. The zero-order valence-corrected chi connectivity index (χ0v) is 14.7. The number of hydrogen-bond acceptors (Lipinski definition) is 4. The van der Waals surface area contributed by atoms with Gasteiger partial charge in [-0.3, -0.25) is 4.79 Å². The number of halogens is 2. The molecule has 130 valence electrons. The van der Waals surface area contributed by atoms with Crippen LogP contribution in [0.15, 0.2) is 22.7 Å². The molecule has 1 heterocycles. The third kappa shape index (κ3) is 4.80. The number of thioether (sulfide) groups is 1. The minimum atomic E-state index is -0.874. The topological polar surface area (TPSA) is 55.1 Å². The highest BCUT2D eigenvalue weighted by Gasteiger charge is 2.12. The minimum Gasteiger partial charge on any atom is -0.361 e. The van der Waals surface area contributed by atoms with Crippen LogP contribution in [0.25, 0.3) is 0 Å². The zero-order chi connectivity index (χ0) is 17.7. The first-order valence-electron chi connectivity index (χ1n) is 7.59. The number of rotatable bonds is 7. The Morgan fingerprint density at radius 3 is 2.71 bits per heavy atom. The van der Waals surface area contributed by atoms with Crippen LogP contribution >= 0.6 is 11.8 Å². The summed E-state index contributed by atoms with van der Waals surface area (Å²) in [4.78, 5) is 11.9. The van der Waals surface area contributed by atoms with Gasteiger partial charge >= 0.3 is 0 Å². The lowest BCUT2D eigenvalue weighted by molar-refractivity contribution is -0.118.